The molecule has 0 aliphatic rings. The highest BCUT2D eigenvalue weighted by Gasteiger charge is 2.17. The number of tetrazole rings is 1. The summed E-state index contributed by atoms with van der Waals surface area (Å²) in [6.07, 6.45) is 1.37. The smallest absolute Gasteiger partial charge is 0.352 e. The van der Waals surface area contributed by atoms with Crippen molar-refractivity contribution < 1.29 is 4.79 Å². The first-order valence-electron chi connectivity index (χ1n) is 9.38. The standard InChI is InChI=1S/C20H19N7O3/c1-14(25-13-22-17-10-6-5-9-16(17)19(25)29)18(28)21-11-12-26-20(30)27(24-23-26)15-7-3-2-4-8-15/h2-10,13-14H,11-12H2,1H3,(H,21,28)/t14-/m0/s1. The molecule has 0 unspecified atom stereocenters. The number of rotatable bonds is 6. The lowest BCUT2D eigenvalue weighted by atomic mass is 10.2. The van der Waals surface area contributed by atoms with E-state index in [1.165, 1.54) is 20.3 Å². The number of para-hydroxylation sites is 2. The van der Waals surface area contributed by atoms with Gasteiger partial charge >= 0.3 is 5.69 Å². The third kappa shape index (κ3) is 3.62. The van der Waals surface area contributed by atoms with Gasteiger partial charge in [-0.1, -0.05) is 30.3 Å². The molecular formula is C20H19N7O3. The zero-order valence-electron chi connectivity index (χ0n) is 16.2. The van der Waals surface area contributed by atoms with Gasteiger partial charge in [0.15, 0.2) is 0 Å². The summed E-state index contributed by atoms with van der Waals surface area (Å²) in [6.45, 7) is 1.92. The maximum atomic E-state index is 12.6. The third-order valence-corrected chi connectivity index (χ3v) is 4.75. The van der Waals surface area contributed by atoms with E-state index < -0.39 is 11.7 Å². The molecule has 0 fully saturated rings. The summed E-state index contributed by atoms with van der Waals surface area (Å²) in [5.41, 5.74) is 0.491. The molecule has 10 heteroatoms. The Labute approximate surface area is 170 Å². The minimum atomic E-state index is -0.758. The van der Waals surface area contributed by atoms with Gasteiger partial charge in [0.1, 0.15) is 6.04 Å². The van der Waals surface area contributed by atoms with Gasteiger partial charge in [-0.2, -0.15) is 9.36 Å². The minimum absolute atomic E-state index is 0.148. The number of hydrogen-bond acceptors (Lipinski definition) is 6. The first-order chi connectivity index (χ1) is 14.6. The fourth-order valence-electron chi connectivity index (χ4n) is 3.06. The molecule has 1 atom stereocenters. The molecule has 0 saturated heterocycles. The third-order valence-electron chi connectivity index (χ3n) is 4.75. The fraction of sp³-hybridized carbons (Fsp3) is 0.200. The van der Waals surface area contributed by atoms with Gasteiger partial charge in [-0.05, 0) is 41.6 Å². The minimum Gasteiger partial charge on any atom is -0.352 e. The largest absolute Gasteiger partial charge is 0.368 e. The highest BCUT2D eigenvalue weighted by molar-refractivity contribution is 5.81. The number of amides is 1. The Bertz CT molecular complexity index is 1310. The van der Waals surface area contributed by atoms with Gasteiger partial charge in [0.2, 0.25) is 5.91 Å². The summed E-state index contributed by atoms with van der Waals surface area (Å²) in [7, 11) is 0. The number of hydrogen-bond donors (Lipinski definition) is 1. The van der Waals surface area contributed by atoms with Crippen molar-refractivity contribution in [3.63, 3.8) is 0 Å². The highest BCUT2D eigenvalue weighted by Crippen LogP contribution is 2.08. The Hall–Kier alpha value is -4.08. The maximum absolute atomic E-state index is 12.6. The Balaban J connectivity index is 1.42. The monoisotopic (exact) mass is 405 g/mol. The van der Waals surface area contributed by atoms with Crippen molar-refractivity contribution in [2.45, 2.75) is 19.5 Å². The number of nitrogens with zero attached hydrogens (tertiary/aromatic N) is 6. The second-order valence-corrected chi connectivity index (χ2v) is 6.67. The lowest BCUT2D eigenvalue weighted by molar-refractivity contribution is -0.124. The van der Waals surface area contributed by atoms with Crippen LogP contribution >= 0.6 is 0 Å². The van der Waals surface area contributed by atoms with E-state index in [0.717, 1.165) is 0 Å². The van der Waals surface area contributed by atoms with E-state index in [0.29, 0.717) is 16.6 Å². The van der Waals surface area contributed by atoms with E-state index in [1.54, 1.807) is 55.5 Å². The van der Waals surface area contributed by atoms with Crippen molar-refractivity contribution in [2.24, 2.45) is 0 Å². The van der Waals surface area contributed by atoms with Crippen LogP contribution in [0, 0.1) is 0 Å². The average Bonchev–Trinajstić information content (AvgIpc) is 3.14. The Morgan fingerprint density at radius 2 is 1.77 bits per heavy atom. The molecule has 0 spiro atoms. The molecule has 152 valence electrons. The van der Waals surface area contributed by atoms with Crippen LogP contribution in [0.1, 0.15) is 13.0 Å². The van der Waals surface area contributed by atoms with Crippen molar-refractivity contribution in [1.82, 2.24) is 34.7 Å². The van der Waals surface area contributed by atoms with Gasteiger partial charge in [0.25, 0.3) is 5.56 Å². The predicted molar refractivity (Wildman–Crippen MR) is 109 cm³/mol. The van der Waals surface area contributed by atoms with Gasteiger partial charge in [-0.25, -0.2) is 9.78 Å². The van der Waals surface area contributed by atoms with E-state index in [4.69, 9.17) is 0 Å². The zero-order valence-corrected chi connectivity index (χ0v) is 16.2. The van der Waals surface area contributed by atoms with Crippen LogP contribution in [0.3, 0.4) is 0 Å². The second-order valence-electron chi connectivity index (χ2n) is 6.67. The summed E-state index contributed by atoms with van der Waals surface area (Å²) in [6, 6.07) is 15.1. The number of carbonyl (C=O) groups is 1. The SMILES string of the molecule is C[C@@H](C(=O)NCCn1nnn(-c2ccccc2)c1=O)n1cnc2ccccc2c1=O. The molecule has 0 bridgehead atoms. The topological polar surface area (TPSA) is 117 Å². The van der Waals surface area contributed by atoms with Crippen LogP contribution in [0.5, 0.6) is 0 Å². The van der Waals surface area contributed by atoms with Gasteiger partial charge < -0.3 is 5.32 Å². The van der Waals surface area contributed by atoms with Crippen LogP contribution in [-0.2, 0) is 11.3 Å². The molecule has 2 aromatic carbocycles. The lowest BCUT2D eigenvalue weighted by Gasteiger charge is -2.15. The van der Waals surface area contributed by atoms with Gasteiger partial charge in [0, 0.05) is 6.54 Å². The van der Waals surface area contributed by atoms with E-state index in [-0.39, 0.29) is 24.6 Å². The second kappa shape index (κ2) is 8.11. The molecule has 2 heterocycles. The number of fused-ring (bicyclic) bond motifs is 1. The van der Waals surface area contributed by atoms with Crippen LogP contribution in [0.15, 0.2) is 70.5 Å². The predicted octanol–water partition coefficient (Wildman–Crippen LogP) is 0.516. The summed E-state index contributed by atoms with van der Waals surface area (Å²) in [5, 5.41) is 10.9. The van der Waals surface area contributed by atoms with Crippen molar-refractivity contribution >= 4 is 16.8 Å². The first kappa shape index (κ1) is 19.2. The van der Waals surface area contributed by atoms with Crippen molar-refractivity contribution in [1.29, 1.82) is 0 Å². The van der Waals surface area contributed by atoms with Crippen LogP contribution in [0.2, 0.25) is 0 Å². The summed E-state index contributed by atoms with van der Waals surface area (Å²) < 4.78 is 3.64. The maximum Gasteiger partial charge on any atom is 0.368 e. The van der Waals surface area contributed by atoms with Crippen LogP contribution < -0.4 is 16.6 Å². The normalized spacial score (nSPS) is 12.0. The van der Waals surface area contributed by atoms with Crippen molar-refractivity contribution in [3.05, 3.63) is 81.8 Å². The summed E-state index contributed by atoms with van der Waals surface area (Å²) in [5.74, 6) is -0.363. The number of nitrogens with one attached hydrogen (secondary N) is 1. The van der Waals surface area contributed by atoms with Crippen molar-refractivity contribution in [2.75, 3.05) is 6.54 Å². The number of carbonyl (C=O) groups excluding carboxylic acids is 1. The van der Waals surface area contributed by atoms with Crippen LogP contribution in [0.25, 0.3) is 16.6 Å². The Morgan fingerprint density at radius 1 is 1.03 bits per heavy atom. The van der Waals surface area contributed by atoms with Crippen LogP contribution in [-0.4, -0.2) is 41.8 Å². The summed E-state index contributed by atoms with van der Waals surface area (Å²) in [4.78, 5) is 41.8. The molecule has 30 heavy (non-hydrogen) atoms. The first-order valence-corrected chi connectivity index (χ1v) is 9.38. The summed E-state index contributed by atoms with van der Waals surface area (Å²) >= 11 is 0. The lowest BCUT2D eigenvalue weighted by Crippen LogP contribution is -2.38. The van der Waals surface area contributed by atoms with E-state index >= 15 is 0 Å². The Morgan fingerprint density at radius 3 is 2.57 bits per heavy atom. The molecule has 0 aliphatic heterocycles. The number of benzene rings is 2. The van der Waals surface area contributed by atoms with E-state index in [9.17, 15) is 14.4 Å². The quantitative estimate of drug-likeness (QED) is 0.500. The molecule has 4 aromatic rings. The van der Waals surface area contributed by atoms with E-state index in [1.807, 2.05) is 6.07 Å². The van der Waals surface area contributed by atoms with E-state index in [2.05, 4.69) is 20.7 Å². The van der Waals surface area contributed by atoms with Gasteiger partial charge in [-0.3, -0.25) is 14.2 Å². The molecule has 4 rings (SSSR count). The molecule has 1 amide bonds. The fourth-order valence-corrected chi connectivity index (χ4v) is 3.06. The molecule has 1 N–H and O–H groups in total. The van der Waals surface area contributed by atoms with Crippen molar-refractivity contribution in [3.8, 4) is 5.69 Å². The van der Waals surface area contributed by atoms with Gasteiger partial charge in [-0.15, -0.1) is 0 Å². The zero-order chi connectivity index (χ0) is 21.1. The molecule has 2 aromatic heterocycles. The molecular weight excluding hydrogens is 386 g/mol. The molecule has 0 aliphatic carbocycles. The molecule has 0 saturated carbocycles. The number of aromatic nitrogens is 6. The van der Waals surface area contributed by atoms with Gasteiger partial charge in [0.05, 0.1) is 29.5 Å². The van der Waals surface area contributed by atoms with Crippen LogP contribution in [0.4, 0.5) is 0 Å². The Kier molecular flexibility index (Phi) is 5.21. The molecule has 10 nitrogen and oxygen atoms in total. The highest BCUT2D eigenvalue weighted by atomic mass is 16.2. The molecule has 0 radical (unpaired) electrons. The average molecular weight is 405 g/mol.